The van der Waals surface area contributed by atoms with Crippen molar-refractivity contribution in [2.45, 2.75) is 11.6 Å². The number of hydrogen-bond donors (Lipinski definition) is 2. The van der Waals surface area contributed by atoms with E-state index in [9.17, 15) is 9.59 Å². The monoisotopic (exact) mass is 340 g/mol. The van der Waals surface area contributed by atoms with E-state index in [1.165, 1.54) is 6.08 Å². The van der Waals surface area contributed by atoms with Crippen LogP contribution in [0.5, 0.6) is 0 Å². The number of nitrogens with one attached hydrogen (secondary N) is 2. The fourth-order valence-corrected chi connectivity index (χ4v) is 3.25. The van der Waals surface area contributed by atoms with E-state index >= 15 is 0 Å². The van der Waals surface area contributed by atoms with Crippen LogP contribution in [0.1, 0.15) is 5.56 Å². The van der Waals surface area contributed by atoms with Gasteiger partial charge in [0.1, 0.15) is 0 Å². The minimum Gasteiger partial charge on any atom is -0.451 e. The van der Waals surface area contributed by atoms with Crippen molar-refractivity contribution in [3.05, 3.63) is 71.3 Å². The summed E-state index contributed by atoms with van der Waals surface area (Å²) in [6.45, 7) is 0. The smallest absolute Gasteiger partial charge is 0.331 e. The van der Waals surface area contributed by atoms with Crippen molar-refractivity contribution in [2.24, 2.45) is 0 Å². The molecule has 120 valence electrons. The molecule has 6 heteroatoms. The number of para-hydroxylation sites is 1. The summed E-state index contributed by atoms with van der Waals surface area (Å²) in [7, 11) is 0. The van der Waals surface area contributed by atoms with Crippen LogP contribution in [0.25, 0.3) is 0 Å². The number of fused-ring (bicyclic) bond motifs is 1. The molecular formula is C18H13ClN2O3. The standard InChI is InChI=1S/C18H13ClN2O3/c19-11-5-7-12(8-6-11)21-18(15-9-10-16(22)24-15)13-3-1-2-4-14(13)20-17(18)23/h1-10,15,21H,(H,20,23). The summed E-state index contributed by atoms with van der Waals surface area (Å²) in [5.41, 5.74) is 0.893. The van der Waals surface area contributed by atoms with E-state index in [0.29, 0.717) is 16.4 Å². The molecule has 2 aromatic rings. The maximum Gasteiger partial charge on any atom is 0.331 e. The number of rotatable bonds is 3. The summed E-state index contributed by atoms with van der Waals surface area (Å²) in [6, 6.07) is 14.4. The first-order valence-corrected chi connectivity index (χ1v) is 7.81. The van der Waals surface area contributed by atoms with Gasteiger partial charge in [0, 0.05) is 28.0 Å². The van der Waals surface area contributed by atoms with Gasteiger partial charge in [-0.15, -0.1) is 0 Å². The molecule has 2 unspecified atom stereocenters. The topological polar surface area (TPSA) is 67.4 Å². The second-order valence-corrected chi connectivity index (χ2v) is 6.09. The molecule has 2 aliphatic rings. The van der Waals surface area contributed by atoms with Crippen molar-refractivity contribution in [3.63, 3.8) is 0 Å². The Bertz CT molecular complexity index is 863. The normalized spacial score (nSPS) is 24.5. The zero-order valence-corrected chi connectivity index (χ0v) is 13.2. The first kappa shape index (κ1) is 14.8. The molecule has 24 heavy (non-hydrogen) atoms. The Balaban J connectivity index is 1.84. The second-order valence-electron chi connectivity index (χ2n) is 5.66. The van der Waals surface area contributed by atoms with Crippen LogP contribution in [0.2, 0.25) is 5.02 Å². The lowest BCUT2D eigenvalue weighted by atomic mass is 9.85. The van der Waals surface area contributed by atoms with Gasteiger partial charge in [0.2, 0.25) is 0 Å². The van der Waals surface area contributed by atoms with Crippen LogP contribution in [-0.2, 0) is 19.9 Å². The van der Waals surface area contributed by atoms with E-state index in [4.69, 9.17) is 16.3 Å². The van der Waals surface area contributed by atoms with Crippen molar-refractivity contribution in [2.75, 3.05) is 10.6 Å². The van der Waals surface area contributed by atoms with E-state index in [0.717, 1.165) is 5.56 Å². The number of anilines is 2. The molecule has 0 radical (unpaired) electrons. The Morgan fingerprint density at radius 1 is 1.08 bits per heavy atom. The molecule has 2 N–H and O–H groups in total. The zero-order valence-electron chi connectivity index (χ0n) is 12.5. The molecule has 0 saturated carbocycles. The third kappa shape index (κ3) is 2.17. The molecule has 2 atom stereocenters. The molecule has 0 aliphatic carbocycles. The molecular weight excluding hydrogens is 328 g/mol. The van der Waals surface area contributed by atoms with Gasteiger partial charge in [-0.05, 0) is 36.4 Å². The number of cyclic esters (lactones) is 1. The summed E-state index contributed by atoms with van der Waals surface area (Å²) in [4.78, 5) is 24.5. The highest BCUT2D eigenvalue weighted by atomic mass is 35.5. The summed E-state index contributed by atoms with van der Waals surface area (Å²) in [5.74, 6) is -0.738. The average molecular weight is 341 g/mol. The van der Waals surface area contributed by atoms with E-state index in [1.807, 2.05) is 24.3 Å². The predicted molar refractivity (Wildman–Crippen MR) is 90.8 cm³/mol. The SMILES string of the molecule is O=C1C=CC(C2(Nc3ccc(Cl)cc3)C(=O)Nc3ccccc32)O1. The maximum absolute atomic E-state index is 12.9. The number of esters is 1. The summed E-state index contributed by atoms with van der Waals surface area (Å²) < 4.78 is 5.37. The number of hydrogen-bond acceptors (Lipinski definition) is 4. The first-order chi connectivity index (χ1) is 11.6. The van der Waals surface area contributed by atoms with Gasteiger partial charge in [-0.3, -0.25) is 4.79 Å². The van der Waals surface area contributed by atoms with E-state index in [1.54, 1.807) is 30.3 Å². The molecule has 0 aromatic heterocycles. The van der Waals surface area contributed by atoms with Crippen molar-refractivity contribution in [1.29, 1.82) is 0 Å². The van der Waals surface area contributed by atoms with Crippen LogP contribution in [0, 0.1) is 0 Å². The molecule has 4 rings (SSSR count). The van der Waals surface area contributed by atoms with E-state index in [-0.39, 0.29) is 5.91 Å². The van der Waals surface area contributed by atoms with Gasteiger partial charge in [0.25, 0.3) is 5.91 Å². The Morgan fingerprint density at radius 3 is 2.54 bits per heavy atom. The second kappa shape index (κ2) is 5.39. The van der Waals surface area contributed by atoms with Crippen LogP contribution in [0.3, 0.4) is 0 Å². The molecule has 0 fully saturated rings. The third-order valence-electron chi connectivity index (χ3n) is 4.22. The van der Waals surface area contributed by atoms with Crippen LogP contribution in [0.4, 0.5) is 11.4 Å². The Kier molecular flexibility index (Phi) is 3.32. The predicted octanol–water partition coefficient (Wildman–Crippen LogP) is 3.08. The molecule has 2 aliphatic heterocycles. The minimum absolute atomic E-state index is 0.275. The van der Waals surface area contributed by atoms with Crippen molar-refractivity contribution in [1.82, 2.24) is 0 Å². The Labute approximate surface area is 143 Å². The number of carbonyl (C=O) groups is 2. The van der Waals surface area contributed by atoms with Crippen LogP contribution >= 0.6 is 11.6 Å². The van der Waals surface area contributed by atoms with Crippen LogP contribution in [0.15, 0.2) is 60.7 Å². The number of benzene rings is 2. The fourth-order valence-electron chi connectivity index (χ4n) is 3.12. The summed E-state index contributed by atoms with van der Waals surface area (Å²) >= 11 is 5.93. The molecule has 2 aromatic carbocycles. The molecule has 5 nitrogen and oxygen atoms in total. The van der Waals surface area contributed by atoms with Crippen LogP contribution < -0.4 is 10.6 Å². The van der Waals surface area contributed by atoms with Gasteiger partial charge in [-0.2, -0.15) is 0 Å². The van der Waals surface area contributed by atoms with Gasteiger partial charge in [0.15, 0.2) is 11.6 Å². The largest absolute Gasteiger partial charge is 0.451 e. The number of ether oxygens (including phenoxy) is 1. The lowest BCUT2D eigenvalue weighted by Gasteiger charge is -2.33. The van der Waals surface area contributed by atoms with Gasteiger partial charge in [-0.1, -0.05) is 29.8 Å². The molecule has 0 bridgehead atoms. The summed E-state index contributed by atoms with van der Waals surface area (Å²) in [5, 5.41) is 6.71. The third-order valence-corrected chi connectivity index (χ3v) is 4.47. The zero-order chi connectivity index (χ0) is 16.7. The van der Waals surface area contributed by atoms with Crippen molar-refractivity contribution >= 4 is 34.9 Å². The van der Waals surface area contributed by atoms with E-state index < -0.39 is 17.6 Å². The highest BCUT2D eigenvalue weighted by Gasteiger charge is 2.54. The first-order valence-electron chi connectivity index (χ1n) is 7.43. The Morgan fingerprint density at radius 2 is 1.83 bits per heavy atom. The highest BCUT2D eigenvalue weighted by Crippen LogP contribution is 2.43. The van der Waals surface area contributed by atoms with Crippen molar-refractivity contribution < 1.29 is 14.3 Å². The lowest BCUT2D eigenvalue weighted by molar-refractivity contribution is -0.142. The number of carbonyl (C=O) groups excluding carboxylic acids is 2. The quantitative estimate of drug-likeness (QED) is 0.843. The Hall–Kier alpha value is -2.79. The number of halogens is 1. The maximum atomic E-state index is 12.9. The van der Waals surface area contributed by atoms with Crippen molar-refractivity contribution in [3.8, 4) is 0 Å². The molecule has 1 amide bonds. The van der Waals surface area contributed by atoms with Gasteiger partial charge >= 0.3 is 5.97 Å². The van der Waals surface area contributed by atoms with Gasteiger partial charge in [-0.25, -0.2) is 4.79 Å². The lowest BCUT2D eigenvalue weighted by Crippen LogP contribution is -2.51. The van der Waals surface area contributed by atoms with Crippen LogP contribution in [-0.4, -0.2) is 18.0 Å². The minimum atomic E-state index is -1.23. The number of amides is 1. The molecule has 0 spiro atoms. The van der Waals surface area contributed by atoms with E-state index in [2.05, 4.69) is 10.6 Å². The molecule has 0 saturated heterocycles. The molecule has 2 heterocycles. The van der Waals surface area contributed by atoms with Gasteiger partial charge in [0.05, 0.1) is 0 Å². The average Bonchev–Trinajstić information content (AvgIpc) is 3.12. The summed E-state index contributed by atoms with van der Waals surface area (Å²) in [6.07, 6.45) is 2.20. The van der Waals surface area contributed by atoms with Gasteiger partial charge < -0.3 is 15.4 Å². The highest BCUT2D eigenvalue weighted by molar-refractivity contribution is 6.30. The fraction of sp³-hybridized carbons (Fsp3) is 0.111.